The average molecular weight is 395 g/mol. The molecule has 0 saturated heterocycles. The van der Waals surface area contributed by atoms with E-state index in [2.05, 4.69) is 31.3 Å². The van der Waals surface area contributed by atoms with Crippen LogP contribution in [0.4, 0.5) is 0 Å². The van der Waals surface area contributed by atoms with Gasteiger partial charge in [0.1, 0.15) is 6.04 Å². The highest BCUT2D eigenvalue weighted by molar-refractivity contribution is 5.87. The van der Waals surface area contributed by atoms with Crippen molar-refractivity contribution in [1.29, 1.82) is 0 Å². The Morgan fingerprint density at radius 2 is 1.45 bits per heavy atom. The summed E-state index contributed by atoms with van der Waals surface area (Å²) in [6, 6.07) is 19.7. The molecule has 4 heteroatoms. The van der Waals surface area contributed by atoms with E-state index in [1.165, 1.54) is 5.56 Å². The second-order valence-corrected chi connectivity index (χ2v) is 7.87. The summed E-state index contributed by atoms with van der Waals surface area (Å²) in [5.74, 6) is 0.363. The Bertz CT molecular complexity index is 744. The molecule has 0 saturated carbocycles. The molecule has 2 aromatic carbocycles. The number of carbonyl (C=O) groups excluding carboxylic acids is 2. The van der Waals surface area contributed by atoms with Crippen molar-refractivity contribution in [2.75, 3.05) is 13.1 Å². The van der Waals surface area contributed by atoms with Gasteiger partial charge in [-0.15, -0.1) is 0 Å². The lowest BCUT2D eigenvalue weighted by Crippen LogP contribution is -2.50. The highest BCUT2D eigenvalue weighted by Crippen LogP contribution is 2.13. The third-order valence-corrected chi connectivity index (χ3v) is 5.03. The normalized spacial score (nSPS) is 11.9. The van der Waals surface area contributed by atoms with Crippen molar-refractivity contribution < 1.29 is 9.59 Å². The van der Waals surface area contributed by atoms with Gasteiger partial charge in [0.2, 0.25) is 11.8 Å². The molecule has 0 aromatic heterocycles. The molecular formula is C25H34N2O2. The van der Waals surface area contributed by atoms with Crippen LogP contribution < -0.4 is 5.32 Å². The molecule has 0 fully saturated rings. The van der Waals surface area contributed by atoms with Crippen molar-refractivity contribution in [3.8, 4) is 0 Å². The van der Waals surface area contributed by atoms with Crippen molar-refractivity contribution in [2.24, 2.45) is 5.92 Å². The van der Waals surface area contributed by atoms with Crippen molar-refractivity contribution >= 4 is 11.8 Å². The highest BCUT2D eigenvalue weighted by Gasteiger charge is 2.27. The number of amides is 2. The van der Waals surface area contributed by atoms with Crippen LogP contribution in [0.5, 0.6) is 0 Å². The largest absolute Gasteiger partial charge is 0.354 e. The average Bonchev–Trinajstić information content (AvgIpc) is 2.74. The minimum atomic E-state index is -0.430. The first kappa shape index (κ1) is 22.7. The van der Waals surface area contributed by atoms with Crippen LogP contribution in [0.3, 0.4) is 0 Å². The van der Waals surface area contributed by atoms with E-state index < -0.39 is 6.04 Å². The minimum absolute atomic E-state index is 0.0383. The molecule has 1 N–H and O–H groups in total. The monoisotopic (exact) mass is 394 g/mol. The Morgan fingerprint density at radius 3 is 1.97 bits per heavy atom. The van der Waals surface area contributed by atoms with Gasteiger partial charge in [-0.25, -0.2) is 0 Å². The summed E-state index contributed by atoms with van der Waals surface area (Å²) >= 11 is 0. The zero-order valence-electron chi connectivity index (χ0n) is 17.9. The van der Waals surface area contributed by atoms with E-state index in [4.69, 9.17) is 0 Å². The van der Waals surface area contributed by atoms with Gasteiger partial charge in [0.05, 0.1) is 0 Å². The predicted molar refractivity (Wildman–Crippen MR) is 119 cm³/mol. The summed E-state index contributed by atoms with van der Waals surface area (Å²) in [5.41, 5.74) is 2.31. The van der Waals surface area contributed by atoms with E-state index in [-0.39, 0.29) is 11.8 Å². The molecular weight excluding hydrogens is 360 g/mol. The molecule has 0 unspecified atom stereocenters. The van der Waals surface area contributed by atoms with Gasteiger partial charge in [-0.3, -0.25) is 9.59 Å². The Morgan fingerprint density at radius 1 is 0.897 bits per heavy atom. The van der Waals surface area contributed by atoms with Gasteiger partial charge in [-0.1, -0.05) is 81.4 Å². The fraction of sp³-hybridized carbons (Fsp3) is 0.440. The molecule has 0 spiro atoms. The van der Waals surface area contributed by atoms with Crippen molar-refractivity contribution in [3.63, 3.8) is 0 Å². The van der Waals surface area contributed by atoms with E-state index in [1.54, 1.807) is 4.90 Å². The Hall–Kier alpha value is -2.62. The summed E-state index contributed by atoms with van der Waals surface area (Å²) in [6.45, 7) is 7.28. The third-order valence-electron chi connectivity index (χ3n) is 5.03. The van der Waals surface area contributed by atoms with Crippen LogP contribution in [0.25, 0.3) is 0 Å². The molecule has 0 aliphatic carbocycles. The van der Waals surface area contributed by atoms with Crippen LogP contribution >= 0.6 is 0 Å². The Balaban J connectivity index is 2.09. The second kappa shape index (κ2) is 12.1. The molecule has 0 aliphatic rings. The number of nitrogens with one attached hydrogen (secondary N) is 1. The molecule has 0 aliphatic heterocycles. The second-order valence-electron chi connectivity index (χ2n) is 7.87. The smallest absolute Gasteiger partial charge is 0.242 e. The summed E-state index contributed by atoms with van der Waals surface area (Å²) in [4.78, 5) is 27.7. The van der Waals surface area contributed by atoms with Crippen LogP contribution in [-0.4, -0.2) is 35.8 Å². The molecule has 0 bridgehead atoms. The van der Waals surface area contributed by atoms with Crippen LogP contribution in [0.2, 0.25) is 0 Å². The molecule has 2 rings (SSSR count). The van der Waals surface area contributed by atoms with Gasteiger partial charge in [0, 0.05) is 19.5 Å². The van der Waals surface area contributed by atoms with Gasteiger partial charge >= 0.3 is 0 Å². The molecule has 2 aromatic rings. The summed E-state index contributed by atoms with van der Waals surface area (Å²) < 4.78 is 0. The quantitative estimate of drug-likeness (QED) is 0.620. The lowest BCUT2D eigenvalue weighted by Gasteiger charge is -2.31. The van der Waals surface area contributed by atoms with Crippen LogP contribution in [0.1, 0.15) is 44.7 Å². The van der Waals surface area contributed by atoms with Crippen LogP contribution in [0, 0.1) is 5.92 Å². The SMILES string of the molecule is CC[C@H](C(=O)NCC(C)C)N(CCc1ccccc1)C(=O)CCc1ccccc1. The number of aryl methyl sites for hydroxylation is 1. The van der Waals surface area contributed by atoms with Gasteiger partial charge in [0.15, 0.2) is 0 Å². The Kier molecular flexibility index (Phi) is 9.42. The van der Waals surface area contributed by atoms with E-state index >= 15 is 0 Å². The van der Waals surface area contributed by atoms with Crippen LogP contribution in [0.15, 0.2) is 60.7 Å². The number of hydrogen-bond acceptors (Lipinski definition) is 2. The van der Waals surface area contributed by atoms with Gasteiger partial charge in [-0.2, -0.15) is 0 Å². The molecule has 2 amide bonds. The molecule has 0 heterocycles. The summed E-state index contributed by atoms with van der Waals surface area (Å²) in [5, 5.41) is 3.01. The standard InChI is InChI=1S/C25H34N2O2/c1-4-23(25(29)26-19-20(2)3)27(18-17-22-13-9-6-10-14-22)24(28)16-15-21-11-7-5-8-12-21/h5-14,20,23H,4,15-19H2,1-3H3,(H,26,29)/t23-/m1/s1. The fourth-order valence-electron chi connectivity index (χ4n) is 3.36. The highest BCUT2D eigenvalue weighted by atomic mass is 16.2. The minimum Gasteiger partial charge on any atom is -0.354 e. The van der Waals surface area contributed by atoms with Crippen LogP contribution in [-0.2, 0) is 22.4 Å². The van der Waals surface area contributed by atoms with E-state index in [0.717, 1.165) is 12.0 Å². The zero-order valence-corrected chi connectivity index (χ0v) is 17.9. The number of nitrogens with zero attached hydrogens (tertiary/aromatic N) is 1. The molecule has 4 nitrogen and oxygen atoms in total. The van der Waals surface area contributed by atoms with E-state index in [1.807, 2.05) is 55.5 Å². The van der Waals surface area contributed by atoms with E-state index in [0.29, 0.717) is 38.3 Å². The lowest BCUT2D eigenvalue weighted by atomic mass is 10.1. The summed E-state index contributed by atoms with van der Waals surface area (Å²) in [7, 11) is 0. The lowest BCUT2D eigenvalue weighted by molar-refractivity contribution is -0.140. The topological polar surface area (TPSA) is 49.4 Å². The number of hydrogen-bond donors (Lipinski definition) is 1. The molecule has 0 radical (unpaired) electrons. The fourth-order valence-corrected chi connectivity index (χ4v) is 3.36. The van der Waals surface area contributed by atoms with E-state index in [9.17, 15) is 9.59 Å². The molecule has 29 heavy (non-hydrogen) atoms. The maximum atomic E-state index is 13.1. The van der Waals surface area contributed by atoms with Gasteiger partial charge in [0.25, 0.3) is 0 Å². The van der Waals surface area contributed by atoms with Gasteiger partial charge in [-0.05, 0) is 36.3 Å². The van der Waals surface area contributed by atoms with Crippen molar-refractivity contribution in [3.05, 3.63) is 71.8 Å². The molecule has 1 atom stereocenters. The first-order valence-corrected chi connectivity index (χ1v) is 10.7. The molecule has 156 valence electrons. The first-order chi connectivity index (χ1) is 14.0. The Labute approximate surface area is 175 Å². The number of benzene rings is 2. The predicted octanol–water partition coefficient (Wildman–Crippen LogP) is 4.24. The maximum Gasteiger partial charge on any atom is 0.242 e. The maximum absolute atomic E-state index is 13.1. The number of rotatable bonds is 11. The van der Waals surface area contributed by atoms with Crippen molar-refractivity contribution in [2.45, 2.75) is 52.5 Å². The van der Waals surface area contributed by atoms with Crippen molar-refractivity contribution in [1.82, 2.24) is 10.2 Å². The third kappa shape index (κ3) is 7.72. The first-order valence-electron chi connectivity index (χ1n) is 10.7. The van der Waals surface area contributed by atoms with Gasteiger partial charge < -0.3 is 10.2 Å². The zero-order chi connectivity index (χ0) is 21.1. The number of carbonyl (C=O) groups is 2. The summed E-state index contributed by atoms with van der Waals surface area (Å²) in [6.07, 6.45) is 2.44.